The van der Waals surface area contributed by atoms with E-state index < -0.39 is 5.97 Å². The molecular formula is C15H17N3O3. The highest BCUT2D eigenvalue weighted by Crippen LogP contribution is 2.12. The van der Waals surface area contributed by atoms with Crippen molar-refractivity contribution in [1.29, 1.82) is 0 Å². The Labute approximate surface area is 122 Å². The van der Waals surface area contributed by atoms with Crippen LogP contribution in [-0.4, -0.2) is 28.1 Å². The number of aromatic carboxylic acids is 1. The third-order valence-electron chi connectivity index (χ3n) is 3.12. The van der Waals surface area contributed by atoms with E-state index in [0.29, 0.717) is 24.6 Å². The van der Waals surface area contributed by atoms with E-state index in [2.05, 4.69) is 9.97 Å². The summed E-state index contributed by atoms with van der Waals surface area (Å²) in [6.45, 7) is 2.46. The number of nitrogens with one attached hydrogen (secondary N) is 1. The molecule has 1 aromatic carbocycles. The smallest absolute Gasteiger partial charge is 0.335 e. The number of aryl methyl sites for hydroxylation is 1. The number of rotatable bonds is 5. The van der Waals surface area contributed by atoms with Crippen LogP contribution in [0.1, 0.15) is 28.7 Å². The summed E-state index contributed by atoms with van der Waals surface area (Å²) < 4.78 is 0. The van der Waals surface area contributed by atoms with E-state index in [4.69, 9.17) is 5.11 Å². The van der Waals surface area contributed by atoms with Gasteiger partial charge in [-0.05, 0) is 17.7 Å². The molecule has 6 nitrogen and oxygen atoms in total. The van der Waals surface area contributed by atoms with Crippen molar-refractivity contribution in [2.45, 2.75) is 19.9 Å². The van der Waals surface area contributed by atoms with E-state index in [1.54, 1.807) is 24.3 Å². The van der Waals surface area contributed by atoms with Crippen molar-refractivity contribution in [3.8, 4) is 0 Å². The molecule has 0 aliphatic carbocycles. The minimum atomic E-state index is -0.946. The van der Waals surface area contributed by atoms with Crippen molar-refractivity contribution in [1.82, 2.24) is 9.97 Å². The Kier molecular flexibility index (Phi) is 4.37. The molecule has 0 spiro atoms. The molecule has 2 N–H and O–H groups in total. The summed E-state index contributed by atoms with van der Waals surface area (Å²) in [5.74, 6) is 0.294. The maximum absolute atomic E-state index is 11.6. The van der Waals surface area contributed by atoms with Crippen LogP contribution in [0.4, 0.5) is 5.82 Å². The van der Waals surface area contributed by atoms with Gasteiger partial charge in [0.1, 0.15) is 11.6 Å². The van der Waals surface area contributed by atoms with E-state index in [1.807, 2.05) is 18.9 Å². The summed E-state index contributed by atoms with van der Waals surface area (Å²) in [5, 5.41) is 8.87. The zero-order chi connectivity index (χ0) is 15.4. The number of carboxylic acid groups (broad SMARTS) is 1. The van der Waals surface area contributed by atoms with Crippen molar-refractivity contribution >= 4 is 11.8 Å². The maximum Gasteiger partial charge on any atom is 0.335 e. The van der Waals surface area contributed by atoms with E-state index in [0.717, 1.165) is 5.56 Å². The molecule has 2 rings (SSSR count). The number of hydrogen-bond donors (Lipinski definition) is 2. The van der Waals surface area contributed by atoms with Crippen LogP contribution in [0.3, 0.4) is 0 Å². The second kappa shape index (κ2) is 6.21. The highest BCUT2D eigenvalue weighted by Gasteiger charge is 2.07. The van der Waals surface area contributed by atoms with Gasteiger partial charge in [-0.15, -0.1) is 0 Å². The van der Waals surface area contributed by atoms with Gasteiger partial charge in [0.05, 0.1) is 5.56 Å². The van der Waals surface area contributed by atoms with Crippen molar-refractivity contribution in [3.63, 3.8) is 0 Å². The van der Waals surface area contributed by atoms with Crippen molar-refractivity contribution in [2.75, 3.05) is 11.9 Å². The average Bonchev–Trinajstić information content (AvgIpc) is 2.47. The number of benzene rings is 1. The van der Waals surface area contributed by atoms with Gasteiger partial charge < -0.3 is 15.0 Å². The van der Waals surface area contributed by atoms with E-state index >= 15 is 0 Å². The third kappa shape index (κ3) is 3.68. The lowest BCUT2D eigenvalue weighted by Gasteiger charge is -2.18. The summed E-state index contributed by atoms with van der Waals surface area (Å²) in [6.07, 6.45) is 0.657. The van der Waals surface area contributed by atoms with E-state index in [9.17, 15) is 9.59 Å². The minimum absolute atomic E-state index is 0.176. The van der Waals surface area contributed by atoms with Crippen LogP contribution < -0.4 is 10.5 Å². The first-order valence-corrected chi connectivity index (χ1v) is 6.63. The van der Waals surface area contributed by atoms with Gasteiger partial charge in [0.25, 0.3) is 5.56 Å². The van der Waals surface area contributed by atoms with Crippen LogP contribution in [-0.2, 0) is 13.0 Å². The van der Waals surface area contributed by atoms with Gasteiger partial charge >= 0.3 is 5.97 Å². The molecule has 0 saturated carbocycles. The van der Waals surface area contributed by atoms with Gasteiger partial charge in [-0.25, -0.2) is 9.78 Å². The molecule has 21 heavy (non-hydrogen) atoms. The average molecular weight is 287 g/mol. The summed E-state index contributed by atoms with van der Waals surface area (Å²) in [5.41, 5.74) is 1.02. The number of hydrogen-bond acceptors (Lipinski definition) is 4. The molecule has 2 aromatic rings. The number of carboxylic acids is 1. The fourth-order valence-corrected chi connectivity index (χ4v) is 1.96. The van der Waals surface area contributed by atoms with Gasteiger partial charge in [0, 0.05) is 26.1 Å². The molecule has 0 saturated heterocycles. The SMILES string of the molecule is CCc1nc(N(C)Cc2ccc(C(=O)O)cc2)cc(=O)[nH]1. The molecule has 110 valence electrons. The number of H-pyrrole nitrogens is 1. The molecule has 0 atom stereocenters. The molecule has 0 radical (unpaired) electrons. The first-order chi connectivity index (χ1) is 9.99. The Hall–Kier alpha value is -2.63. The zero-order valence-corrected chi connectivity index (χ0v) is 12.0. The molecule has 0 amide bonds. The lowest BCUT2D eigenvalue weighted by molar-refractivity contribution is 0.0697. The first kappa shape index (κ1) is 14.8. The quantitative estimate of drug-likeness (QED) is 0.873. The zero-order valence-electron chi connectivity index (χ0n) is 12.0. The summed E-state index contributed by atoms with van der Waals surface area (Å²) in [7, 11) is 1.84. The highest BCUT2D eigenvalue weighted by atomic mass is 16.4. The third-order valence-corrected chi connectivity index (χ3v) is 3.12. The normalized spacial score (nSPS) is 10.4. The van der Waals surface area contributed by atoms with Crippen molar-refractivity contribution in [2.24, 2.45) is 0 Å². The molecule has 0 aliphatic rings. The van der Waals surface area contributed by atoms with Gasteiger partial charge in [-0.1, -0.05) is 19.1 Å². The van der Waals surface area contributed by atoms with Crippen molar-refractivity contribution in [3.05, 3.63) is 57.6 Å². The number of aromatic amines is 1. The van der Waals surface area contributed by atoms with Gasteiger partial charge in [-0.2, -0.15) is 0 Å². The summed E-state index contributed by atoms with van der Waals surface area (Å²) in [4.78, 5) is 31.3. The van der Waals surface area contributed by atoms with Crippen LogP contribution in [0.15, 0.2) is 35.1 Å². The number of anilines is 1. The number of nitrogens with zero attached hydrogens (tertiary/aromatic N) is 2. The molecule has 0 bridgehead atoms. The first-order valence-electron chi connectivity index (χ1n) is 6.63. The topological polar surface area (TPSA) is 86.3 Å². The van der Waals surface area contributed by atoms with Crippen LogP contribution in [0.25, 0.3) is 0 Å². The molecule has 1 aromatic heterocycles. The van der Waals surface area contributed by atoms with Crippen LogP contribution >= 0.6 is 0 Å². The number of carbonyl (C=O) groups is 1. The fraction of sp³-hybridized carbons (Fsp3) is 0.267. The predicted octanol–water partition coefficient (Wildman–Crippen LogP) is 1.67. The molecule has 1 heterocycles. The molecule has 0 fully saturated rings. The van der Waals surface area contributed by atoms with E-state index in [-0.39, 0.29) is 11.1 Å². The fourth-order valence-electron chi connectivity index (χ4n) is 1.96. The molecule has 6 heteroatoms. The largest absolute Gasteiger partial charge is 0.478 e. The van der Waals surface area contributed by atoms with Crippen LogP contribution in [0.2, 0.25) is 0 Å². The lowest BCUT2D eigenvalue weighted by atomic mass is 10.1. The summed E-state index contributed by atoms with van der Waals surface area (Å²) >= 11 is 0. The van der Waals surface area contributed by atoms with E-state index in [1.165, 1.54) is 6.07 Å². The monoisotopic (exact) mass is 287 g/mol. The van der Waals surface area contributed by atoms with Gasteiger partial charge in [0.2, 0.25) is 0 Å². The molecular weight excluding hydrogens is 270 g/mol. The Balaban J connectivity index is 2.17. The number of aromatic nitrogens is 2. The van der Waals surface area contributed by atoms with Gasteiger partial charge in [0.15, 0.2) is 0 Å². The van der Waals surface area contributed by atoms with Crippen molar-refractivity contribution < 1.29 is 9.90 Å². The Morgan fingerprint density at radius 2 is 2.00 bits per heavy atom. The molecule has 0 aliphatic heterocycles. The maximum atomic E-state index is 11.6. The molecule has 0 unspecified atom stereocenters. The second-order valence-electron chi connectivity index (χ2n) is 4.76. The minimum Gasteiger partial charge on any atom is -0.478 e. The van der Waals surface area contributed by atoms with Crippen LogP contribution in [0.5, 0.6) is 0 Å². The second-order valence-corrected chi connectivity index (χ2v) is 4.76. The summed E-state index contributed by atoms with van der Waals surface area (Å²) in [6, 6.07) is 8.09. The Bertz CT molecular complexity index is 692. The lowest BCUT2D eigenvalue weighted by Crippen LogP contribution is -2.22. The Morgan fingerprint density at radius 1 is 1.33 bits per heavy atom. The standard InChI is InChI=1S/C15H17N3O3/c1-3-12-16-13(8-14(19)17-12)18(2)9-10-4-6-11(7-5-10)15(20)21/h4-8H,3,9H2,1-2H3,(H,20,21)(H,16,17,19). The van der Waals surface area contributed by atoms with Gasteiger partial charge in [-0.3, -0.25) is 4.79 Å². The Morgan fingerprint density at radius 3 is 2.57 bits per heavy atom. The predicted molar refractivity (Wildman–Crippen MR) is 79.7 cm³/mol. The van der Waals surface area contributed by atoms with Crippen LogP contribution in [0, 0.1) is 0 Å². The highest BCUT2D eigenvalue weighted by molar-refractivity contribution is 5.87.